The smallest absolute Gasteiger partial charge is 0.416 e. The van der Waals surface area contributed by atoms with E-state index in [1.807, 2.05) is 30.3 Å². The maximum Gasteiger partial charge on any atom is 0.416 e. The van der Waals surface area contributed by atoms with Gasteiger partial charge in [0.15, 0.2) is 0 Å². The monoisotopic (exact) mass is 465 g/mol. The summed E-state index contributed by atoms with van der Waals surface area (Å²) in [5.74, 6) is 0.289. The van der Waals surface area contributed by atoms with Crippen LogP contribution in [0, 0.1) is 0 Å². The molecule has 8 heteroatoms. The predicted molar refractivity (Wildman–Crippen MR) is 118 cm³/mol. The Labute approximate surface area is 192 Å². The van der Waals surface area contributed by atoms with Gasteiger partial charge >= 0.3 is 12.3 Å². The Kier molecular flexibility index (Phi) is 7.57. The number of carbonyl (C=O) groups excluding carboxylic acids is 1. The highest BCUT2D eigenvalue weighted by Crippen LogP contribution is 2.34. The van der Waals surface area contributed by atoms with Crippen LogP contribution >= 0.6 is 0 Å². The fourth-order valence-corrected chi connectivity index (χ4v) is 3.87. The van der Waals surface area contributed by atoms with Crippen LogP contribution in [-0.2, 0) is 10.9 Å². The standard InChI is InChI=1S/C25H30F3NO4/c1-24(2,3)33-23(31)29-14-13-20(30)15-19(29)16-22(17-7-5-4-6-8-17)32-21-11-9-18(10-12-21)25(26,27)28/h4-12,19-20,22,30H,13-16H2,1-3H3/t19-,20-,22-/m1/s1. The Morgan fingerprint density at radius 2 is 1.73 bits per heavy atom. The van der Waals surface area contributed by atoms with Crippen molar-refractivity contribution in [2.75, 3.05) is 6.54 Å². The molecule has 1 amide bonds. The Morgan fingerprint density at radius 3 is 2.30 bits per heavy atom. The summed E-state index contributed by atoms with van der Waals surface area (Å²) in [4.78, 5) is 14.4. The number of hydrogen-bond acceptors (Lipinski definition) is 4. The summed E-state index contributed by atoms with van der Waals surface area (Å²) >= 11 is 0. The van der Waals surface area contributed by atoms with Gasteiger partial charge in [0.1, 0.15) is 17.5 Å². The number of aliphatic hydroxyl groups excluding tert-OH is 1. The minimum atomic E-state index is -4.43. The van der Waals surface area contributed by atoms with Gasteiger partial charge in [-0.1, -0.05) is 30.3 Å². The van der Waals surface area contributed by atoms with Gasteiger partial charge in [-0.15, -0.1) is 0 Å². The molecular weight excluding hydrogens is 435 g/mol. The van der Waals surface area contributed by atoms with Crippen molar-refractivity contribution in [3.05, 3.63) is 65.7 Å². The summed E-state index contributed by atoms with van der Waals surface area (Å²) in [7, 11) is 0. The average Bonchev–Trinajstić information content (AvgIpc) is 2.72. The minimum Gasteiger partial charge on any atom is -0.486 e. The Hall–Kier alpha value is -2.74. The van der Waals surface area contributed by atoms with E-state index in [-0.39, 0.29) is 11.8 Å². The molecule has 180 valence electrons. The first-order valence-electron chi connectivity index (χ1n) is 11.0. The first-order chi connectivity index (χ1) is 15.4. The molecule has 0 saturated carbocycles. The molecule has 0 aromatic heterocycles. The third-order valence-corrected chi connectivity index (χ3v) is 5.43. The highest BCUT2D eigenvalue weighted by molar-refractivity contribution is 5.68. The van der Waals surface area contributed by atoms with Gasteiger partial charge in [0.25, 0.3) is 0 Å². The molecule has 0 aliphatic carbocycles. The normalized spacial score (nSPS) is 20.3. The van der Waals surface area contributed by atoms with Crippen molar-refractivity contribution in [2.24, 2.45) is 0 Å². The predicted octanol–water partition coefficient (Wildman–Crippen LogP) is 5.98. The molecule has 1 aliphatic rings. The molecule has 2 aromatic carbocycles. The Morgan fingerprint density at radius 1 is 1.09 bits per heavy atom. The molecule has 1 fully saturated rings. The fraction of sp³-hybridized carbons (Fsp3) is 0.480. The highest BCUT2D eigenvalue weighted by Gasteiger charge is 2.36. The second kappa shape index (κ2) is 10.0. The number of alkyl halides is 3. The number of nitrogens with zero attached hydrogens (tertiary/aromatic N) is 1. The lowest BCUT2D eigenvalue weighted by Gasteiger charge is -2.40. The van der Waals surface area contributed by atoms with Crippen molar-refractivity contribution < 1.29 is 32.5 Å². The van der Waals surface area contributed by atoms with Crippen LogP contribution < -0.4 is 4.74 Å². The number of hydrogen-bond donors (Lipinski definition) is 1. The Balaban J connectivity index is 1.83. The van der Waals surface area contributed by atoms with Crippen molar-refractivity contribution in [2.45, 2.75) is 70.1 Å². The van der Waals surface area contributed by atoms with Crippen LogP contribution in [-0.4, -0.2) is 40.4 Å². The van der Waals surface area contributed by atoms with E-state index in [1.165, 1.54) is 12.1 Å². The number of carbonyl (C=O) groups is 1. The third kappa shape index (κ3) is 7.12. The van der Waals surface area contributed by atoms with Gasteiger partial charge in [0, 0.05) is 19.0 Å². The van der Waals surface area contributed by atoms with Crippen molar-refractivity contribution in [3.63, 3.8) is 0 Å². The SMILES string of the molecule is CC(C)(C)OC(=O)N1CC[C@@H](O)C[C@@H]1C[C@@H](Oc1ccc(C(F)(F)F)cc1)c1ccccc1. The lowest BCUT2D eigenvalue weighted by Crippen LogP contribution is -2.50. The summed E-state index contributed by atoms with van der Waals surface area (Å²) in [6.45, 7) is 5.72. The van der Waals surface area contributed by atoms with Crippen LogP contribution in [0.3, 0.4) is 0 Å². The molecule has 0 bridgehead atoms. The number of piperidine rings is 1. The van der Waals surface area contributed by atoms with Crippen LogP contribution in [0.1, 0.15) is 57.3 Å². The molecule has 1 saturated heterocycles. The number of halogens is 3. The summed E-state index contributed by atoms with van der Waals surface area (Å²) in [5.41, 5.74) is -0.591. The van der Waals surface area contributed by atoms with E-state index in [4.69, 9.17) is 9.47 Å². The number of benzene rings is 2. The molecule has 0 unspecified atom stereocenters. The van der Waals surface area contributed by atoms with Gasteiger partial charge in [0.2, 0.25) is 0 Å². The van der Waals surface area contributed by atoms with E-state index in [0.29, 0.717) is 25.8 Å². The van der Waals surface area contributed by atoms with E-state index < -0.39 is 35.6 Å². The molecule has 33 heavy (non-hydrogen) atoms. The third-order valence-electron chi connectivity index (χ3n) is 5.43. The fourth-order valence-electron chi connectivity index (χ4n) is 3.87. The first kappa shape index (κ1) is 24.9. The zero-order valence-corrected chi connectivity index (χ0v) is 19.0. The molecule has 5 nitrogen and oxygen atoms in total. The number of rotatable bonds is 5. The van der Waals surface area contributed by atoms with Gasteiger partial charge in [-0.3, -0.25) is 0 Å². The van der Waals surface area contributed by atoms with E-state index in [0.717, 1.165) is 17.7 Å². The van der Waals surface area contributed by atoms with Crippen LogP contribution in [0.15, 0.2) is 54.6 Å². The molecule has 3 rings (SSSR count). The molecular formula is C25H30F3NO4. The summed E-state index contributed by atoms with van der Waals surface area (Å²) in [6, 6.07) is 13.5. The van der Waals surface area contributed by atoms with Crippen molar-refractivity contribution in [1.29, 1.82) is 0 Å². The topological polar surface area (TPSA) is 59.0 Å². The zero-order chi connectivity index (χ0) is 24.2. The van der Waals surface area contributed by atoms with Gasteiger partial charge in [-0.2, -0.15) is 13.2 Å². The zero-order valence-electron chi connectivity index (χ0n) is 19.0. The first-order valence-corrected chi connectivity index (χ1v) is 11.0. The van der Waals surface area contributed by atoms with Crippen molar-refractivity contribution in [1.82, 2.24) is 4.90 Å². The van der Waals surface area contributed by atoms with Gasteiger partial charge in [-0.25, -0.2) is 4.79 Å². The minimum absolute atomic E-state index is 0.289. The summed E-state index contributed by atoms with van der Waals surface area (Å²) < 4.78 is 50.4. The maximum absolute atomic E-state index is 12.9. The second-order valence-electron chi connectivity index (χ2n) is 9.28. The van der Waals surface area contributed by atoms with Crippen LogP contribution in [0.2, 0.25) is 0 Å². The van der Waals surface area contributed by atoms with E-state index in [1.54, 1.807) is 25.7 Å². The molecule has 1 aliphatic heterocycles. The lowest BCUT2D eigenvalue weighted by atomic mass is 9.92. The largest absolute Gasteiger partial charge is 0.486 e. The molecule has 2 aromatic rings. The van der Waals surface area contributed by atoms with Crippen LogP contribution in [0.25, 0.3) is 0 Å². The molecule has 3 atom stereocenters. The molecule has 0 spiro atoms. The van der Waals surface area contributed by atoms with E-state index >= 15 is 0 Å². The van der Waals surface area contributed by atoms with Crippen molar-refractivity contribution >= 4 is 6.09 Å². The number of likely N-dealkylation sites (tertiary alicyclic amines) is 1. The molecule has 1 N–H and O–H groups in total. The lowest BCUT2D eigenvalue weighted by molar-refractivity contribution is -0.137. The van der Waals surface area contributed by atoms with Crippen molar-refractivity contribution in [3.8, 4) is 5.75 Å². The van der Waals surface area contributed by atoms with Crippen LogP contribution in [0.4, 0.5) is 18.0 Å². The summed E-state index contributed by atoms with van der Waals surface area (Å²) in [5, 5.41) is 10.3. The van der Waals surface area contributed by atoms with Gasteiger partial charge < -0.3 is 19.5 Å². The molecule has 0 radical (unpaired) electrons. The maximum atomic E-state index is 12.9. The number of aliphatic hydroxyl groups is 1. The van der Waals surface area contributed by atoms with Gasteiger partial charge in [-0.05, 0) is 63.4 Å². The second-order valence-corrected chi connectivity index (χ2v) is 9.28. The number of amides is 1. The van der Waals surface area contributed by atoms with Gasteiger partial charge in [0.05, 0.1) is 11.7 Å². The van der Waals surface area contributed by atoms with E-state index in [2.05, 4.69) is 0 Å². The number of ether oxygens (including phenoxy) is 2. The highest BCUT2D eigenvalue weighted by atomic mass is 19.4. The average molecular weight is 466 g/mol. The van der Waals surface area contributed by atoms with E-state index in [9.17, 15) is 23.1 Å². The molecule has 1 heterocycles. The van der Waals surface area contributed by atoms with Crippen LogP contribution in [0.5, 0.6) is 5.75 Å². The summed E-state index contributed by atoms with van der Waals surface area (Å²) in [6.07, 6.45) is -4.82. The quantitative estimate of drug-likeness (QED) is 0.591. The Bertz CT molecular complexity index is 910.